The molecule has 1 N–H and O–H groups in total. The summed E-state index contributed by atoms with van der Waals surface area (Å²) in [4.78, 5) is 13.2. The van der Waals surface area contributed by atoms with E-state index < -0.39 is 81.6 Å². The molecule has 4 aromatic rings. The Bertz CT molecular complexity index is 1880. The number of cyclic esters (lactones) is 1. The van der Waals surface area contributed by atoms with Gasteiger partial charge in [0.15, 0.2) is 11.9 Å². The number of phosphoric ester groups is 1. The molecule has 1 heterocycles. The lowest BCUT2D eigenvalue weighted by atomic mass is 10.1. The molecule has 18 heteroatoms. The third-order valence-electron chi connectivity index (χ3n) is 7.19. The molecular weight excluding hydrogens is 753 g/mol. The fourth-order valence-corrected chi connectivity index (χ4v) is 6.18. The second kappa shape index (κ2) is 17.8. The molecule has 0 saturated heterocycles. The fraction of sp³-hybridized carbons (Fsp3) is 0.250. The number of hydrogen-bond acceptors (Lipinski definition) is 11. The molecule has 0 aromatic heterocycles. The maximum atomic E-state index is 14.1. The maximum absolute atomic E-state index is 14.1. The minimum absolute atomic E-state index is 0.111. The minimum atomic E-state index is -4.99. The van der Waals surface area contributed by atoms with Gasteiger partial charge >= 0.3 is 26.5 Å². The zero-order chi connectivity index (χ0) is 38.8. The van der Waals surface area contributed by atoms with Gasteiger partial charge in [-0.1, -0.05) is 84.9 Å². The number of carbonyl (C=O) groups excluding carboxylic acids is 1. The predicted molar refractivity (Wildman–Crippen MR) is 175 cm³/mol. The summed E-state index contributed by atoms with van der Waals surface area (Å²) in [6.07, 6.45) is -13.4. The van der Waals surface area contributed by atoms with E-state index in [1.807, 2.05) is 0 Å². The highest BCUT2D eigenvalue weighted by Gasteiger charge is 2.46. The first-order chi connectivity index (χ1) is 25.7. The number of phosphoric acid groups is 1. The van der Waals surface area contributed by atoms with Gasteiger partial charge in [0.2, 0.25) is 5.76 Å². The van der Waals surface area contributed by atoms with E-state index in [-0.39, 0.29) is 24.3 Å². The lowest BCUT2D eigenvalue weighted by Crippen LogP contribution is -2.35. The third kappa shape index (κ3) is 12.2. The van der Waals surface area contributed by atoms with E-state index in [4.69, 9.17) is 27.8 Å². The molecule has 1 aliphatic heterocycles. The Balaban J connectivity index is 1.43. The number of hydrogen-bond donors (Lipinski definition) is 1. The Hall–Kier alpha value is -5.06. The van der Waals surface area contributed by atoms with Gasteiger partial charge < -0.3 is 28.8 Å². The summed E-state index contributed by atoms with van der Waals surface area (Å²) < 4.78 is 133. The Morgan fingerprint density at radius 3 is 1.57 bits per heavy atom. The monoisotopic (exact) mass is 784 g/mol. The molecular formula is C36H31F6O11P. The van der Waals surface area contributed by atoms with Crippen LogP contribution in [0.4, 0.5) is 26.3 Å². The molecule has 2 unspecified atom stereocenters. The average molecular weight is 785 g/mol. The van der Waals surface area contributed by atoms with Gasteiger partial charge in [-0.05, 0) is 46.5 Å². The molecule has 4 aromatic carbocycles. The van der Waals surface area contributed by atoms with Crippen molar-refractivity contribution in [2.45, 2.75) is 51.4 Å². The van der Waals surface area contributed by atoms with Crippen molar-refractivity contribution in [3.8, 4) is 11.5 Å². The second-order valence-corrected chi connectivity index (χ2v) is 12.9. The molecule has 0 fully saturated rings. The van der Waals surface area contributed by atoms with Crippen molar-refractivity contribution >= 4 is 13.8 Å². The normalized spacial score (nSPS) is 15.5. The first-order valence-corrected chi connectivity index (χ1v) is 17.3. The summed E-state index contributed by atoms with van der Waals surface area (Å²) in [5.74, 6) is -3.41. The fourth-order valence-electron chi connectivity index (χ4n) is 4.86. The van der Waals surface area contributed by atoms with Crippen LogP contribution in [0, 0.1) is 0 Å². The number of carbonyl (C=O) groups is 1. The molecule has 5 rings (SSSR count). The standard InChI is InChI=1S/C36H31F6O11P/c37-35(38,39)51-28-15-7-13-26(17-28)20-46-32-31(50-34(44)33(32)47-21-27-14-8-16-29(18-27)52-36(40,41)42)30(19-43)53-54(45,48-22-24-9-3-1-4-10-24)49-23-25-11-5-2-6-12-25/h1-18,30-31,43H,19-23H2. The molecule has 0 amide bonds. The molecule has 288 valence electrons. The lowest BCUT2D eigenvalue weighted by Gasteiger charge is -2.27. The van der Waals surface area contributed by atoms with Crippen LogP contribution < -0.4 is 9.47 Å². The van der Waals surface area contributed by atoms with Crippen molar-refractivity contribution in [1.29, 1.82) is 0 Å². The van der Waals surface area contributed by atoms with Crippen LogP contribution in [-0.2, 0) is 63.6 Å². The molecule has 2 atom stereocenters. The molecule has 0 aliphatic carbocycles. The van der Waals surface area contributed by atoms with E-state index in [9.17, 15) is 40.8 Å². The van der Waals surface area contributed by atoms with Gasteiger partial charge in [-0.25, -0.2) is 9.36 Å². The summed E-state index contributed by atoms with van der Waals surface area (Å²) >= 11 is 0. The maximum Gasteiger partial charge on any atom is 0.573 e. The van der Waals surface area contributed by atoms with Crippen molar-refractivity contribution in [2.24, 2.45) is 0 Å². The summed E-state index contributed by atoms with van der Waals surface area (Å²) in [6.45, 7) is -2.56. The van der Waals surface area contributed by atoms with E-state index >= 15 is 0 Å². The zero-order valence-electron chi connectivity index (χ0n) is 27.8. The number of ether oxygens (including phenoxy) is 5. The van der Waals surface area contributed by atoms with Crippen LogP contribution in [0.1, 0.15) is 22.3 Å². The molecule has 0 spiro atoms. The lowest BCUT2D eigenvalue weighted by molar-refractivity contribution is -0.275. The molecule has 0 radical (unpaired) electrons. The van der Waals surface area contributed by atoms with Crippen LogP contribution >= 0.6 is 7.82 Å². The largest absolute Gasteiger partial charge is 0.573 e. The molecule has 1 aliphatic rings. The number of halogens is 6. The van der Waals surface area contributed by atoms with E-state index in [1.54, 1.807) is 60.7 Å². The van der Waals surface area contributed by atoms with Crippen molar-refractivity contribution in [3.05, 3.63) is 143 Å². The highest BCUT2D eigenvalue weighted by Crippen LogP contribution is 2.53. The predicted octanol–water partition coefficient (Wildman–Crippen LogP) is 8.27. The number of benzene rings is 4. The van der Waals surface area contributed by atoms with E-state index in [0.717, 1.165) is 24.3 Å². The van der Waals surface area contributed by atoms with Gasteiger partial charge in [-0.3, -0.25) is 13.6 Å². The Morgan fingerprint density at radius 2 is 1.11 bits per heavy atom. The van der Waals surface area contributed by atoms with Gasteiger partial charge in [0.25, 0.3) is 0 Å². The van der Waals surface area contributed by atoms with Crippen molar-refractivity contribution < 1.29 is 78.1 Å². The highest BCUT2D eigenvalue weighted by molar-refractivity contribution is 7.48. The van der Waals surface area contributed by atoms with Gasteiger partial charge in [0.05, 0.1) is 19.8 Å². The Kier molecular flexibility index (Phi) is 13.3. The first kappa shape index (κ1) is 40.1. The van der Waals surface area contributed by atoms with Gasteiger partial charge in [0, 0.05) is 0 Å². The number of aliphatic hydroxyl groups excluding tert-OH is 1. The topological polar surface area (TPSA) is 128 Å². The zero-order valence-corrected chi connectivity index (χ0v) is 28.7. The molecule has 11 nitrogen and oxygen atoms in total. The SMILES string of the molecule is O=C1OC(C(CO)OP(=O)(OCc2ccccc2)OCc2ccccc2)C(OCc2cccc(OC(F)(F)F)c2)=C1OCc1cccc(OC(F)(F)F)c1. The molecule has 54 heavy (non-hydrogen) atoms. The quantitative estimate of drug-likeness (QED) is 0.0595. The summed E-state index contributed by atoms with van der Waals surface area (Å²) in [7, 11) is -4.63. The van der Waals surface area contributed by atoms with Crippen LogP contribution in [0.3, 0.4) is 0 Å². The van der Waals surface area contributed by atoms with E-state index in [0.29, 0.717) is 11.1 Å². The van der Waals surface area contributed by atoms with Gasteiger partial charge in [0.1, 0.15) is 30.8 Å². The first-order valence-electron chi connectivity index (χ1n) is 15.8. The number of rotatable bonds is 18. The summed E-state index contributed by atoms with van der Waals surface area (Å²) in [5, 5.41) is 10.5. The van der Waals surface area contributed by atoms with E-state index in [2.05, 4.69) is 9.47 Å². The third-order valence-corrected chi connectivity index (χ3v) is 8.61. The van der Waals surface area contributed by atoms with E-state index in [1.165, 1.54) is 24.3 Å². The van der Waals surface area contributed by atoms with Crippen LogP contribution in [0.25, 0.3) is 0 Å². The molecule has 0 saturated carbocycles. The van der Waals surface area contributed by atoms with Crippen molar-refractivity contribution in [2.75, 3.05) is 6.61 Å². The van der Waals surface area contributed by atoms with Gasteiger partial charge in [-0.15, -0.1) is 26.3 Å². The van der Waals surface area contributed by atoms with Crippen LogP contribution in [0.15, 0.2) is 121 Å². The second-order valence-electron chi connectivity index (χ2n) is 11.3. The smallest absolute Gasteiger partial charge is 0.485 e. The van der Waals surface area contributed by atoms with Crippen LogP contribution in [-0.4, -0.2) is 42.6 Å². The summed E-state index contributed by atoms with van der Waals surface area (Å²) in [6, 6.07) is 26.4. The Morgan fingerprint density at radius 1 is 0.648 bits per heavy atom. The van der Waals surface area contributed by atoms with Crippen LogP contribution in [0.2, 0.25) is 0 Å². The average Bonchev–Trinajstić information content (AvgIpc) is 3.44. The number of esters is 1. The summed E-state index contributed by atoms with van der Waals surface area (Å²) in [5.41, 5.74) is 1.39. The minimum Gasteiger partial charge on any atom is -0.485 e. The van der Waals surface area contributed by atoms with Crippen molar-refractivity contribution in [1.82, 2.24) is 0 Å². The Labute approximate surface area is 304 Å². The number of aliphatic hydroxyl groups is 1. The molecule has 0 bridgehead atoms. The van der Waals surface area contributed by atoms with Gasteiger partial charge in [-0.2, -0.15) is 0 Å². The van der Waals surface area contributed by atoms with Crippen molar-refractivity contribution in [3.63, 3.8) is 0 Å². The number of alkyl halides is 6. The highest BCUT2D eigenvalue weighted by atomic mass is 31.2. The van der Waals surface area contributed by atoms with Crippen LogP contribution in [0.5, 0.6) is 11.5 Å².